The molecule has 1 aromatic heterocycles. The number of benzene rings is 1. The fourth-order valence-corrected chi connectivity index (χ4v) is 5.04. The van der Waals surface area contributed by atoms with Gasteiger partial charge in [0.15, 0.2) is 0 Å². The maximum atomic E-state index is 13.1. The molecule has 6 heteroatoms. The minimum absolute atomic E-state index is 0.00327. The van der Waals surface area contributed by atoms with Gasteiger partial charge in [0.1, 0.15) is 11.6 Å². The molecule has 1 fully saturated rings. The van der Waals surface area contributed by atoms with Gasteiger partial charge in [0, 0.05) is 23.7 Å². The molecule has 24 heavy (non-hydrogen) atoms. The number of aromatic nitrogens is 3. The molecule has 1 aromatic carbocycles. The van der Waals surface area contributed by atoms with Crippen LogP contribution in [0.2, 0.25) is 0 Å². The zero-order valence-corrected chi connectivity index (χ0v) is 14.9. The summed E-state index contributed by atoms with van der Waals surface area (Å²) in [5.41, 5.74) is 1.20. The third-order valence-corrected chi connectivity index (χ3v) is 6.14. The van der Waals surface area contributed by atoms with Crippen molar-refractivity contribution >= 4 is 17.7 Å². The first-order valence-corrected chi connectivity index (χ1v) is 9.52. The first-order chi connectivity index (χ1) is 11.6. The first kappa shape index (κ1) is 15.7. The van der Waals surface area contributed by atoms with Gasteiger partial charge in [-0.3, -0.25) is 4.79 Å². The van der Waals surface area contributed by atoms with Gasteiger partial charge in [-0.05, 0) is 38.3 Å². The molecule has 0 bridgehead atoms. The van der Waals surface area contributed by atoms with Gasteiger partial charge in [0.25, 0.3) is 0 Å². The van der Waals surface area contributed by atoms with E-state index in [1.807, 2.05) is 35.6 Å². The van der Waals surface area contributed by atoms with Gasteiger partial charge in [0.05, 0.1) is 12.0 Å². The second kappa shape index (κ2) is 6.24. The van der Waals surface area contributed by atoms with Gasteiger partial charge >= 0.3 is 0 Å². The van der Waals surface area contributed by atoms with E-state index in [1.165, 1.54) is 10.5 Å². The van der Waals surface area contributed by atoms with Crippen molar-refractivity contribution in [1.29, 1.82) is 0 Å². The van der Waals surface area contributed by atoms with Crippen LogP contribution in [0.5, 0.6) is 0 Å². The van der Waals surface area contributed by atoms with Crippen LogP contribution in [0, 0.1) is 13.8 Å². The van der Waals surface area contributed by atoms with Crippen LogP contribution >= 0.6 is 11.8 Å². The number of fused-ring (bicyclic) bond motifs is 1. The molecular formula is C18H22N4OS. The predicted octanol–water partition coefficient (Wildman–Crippen LogP) is 2.95. The average molecular weight is 342 g/mol. The molecule has 0 spiro atoms. The van der Waals surface area contributed by atoms with Crippen LogP contribution in [0.25, 0.3) is 0 Å². The van der Waals surface area contributed by atoms with E-state index in [0.717, 1.165) is 43.3 Å². The summed E-state index contributed by atoms with van der Waals surface area (Å²) in [5.74, 6) is 2.88. The maximum absolute atomic E-state index is 13.1. The Morgan fingerprint density at radius 1 is 1.29 bits per heavy atom. The van der Waals surface area contributed by atoms with Crippen LogP contribution in [-0.4, -0.2) is 44.4 Å². The molecule has 2 unspecified atom stereocenters. The molecule has 2 aromatic rings. The Morgan fingerprint density at radius 2 is 2.12 bits per heavy atom. The van der Waals surface area contributed by atoms with Crippen molar-refractivity contribution in [3.05, 3.63) is 41.5 Å². The molecule has 2 atom stereocenters. The molecule has 1 saturated heterocycles. The summed E-state index contributed by atoms with van der Waals surface area (Å²) in [5, 5.41) is 4.52. The van der Waals surface area contributed by atoms with Crippen molar-refractivity contribution < 1.29 is 4.79 Å². The minimum atomic E-state index is 0.00327. The van der Waals surface area contributed by atoms with E-state index in [1.54, 1.807) is 11.8 Å². The quantitative estimate of drug-likeness (QED) is 0.842. The van der Waals surface area contributed by atoms with Crippen molar-refractivity contribution in [3.63, 3.8) is 0 Å². The Kier molecular flexibility index (Phi) is 4.08. The van der Waals surface area contributed by atoms with Crippen LogP contribution in [0.3, 0.4) is 0 Å². The topological polar surface area (TPSA) is 51.0 Å². The lowest BCUT2D eigenvalue weighted by Gasteiger charge is -2.34. The van der Waals surface area contributed by atoms with Crippen molar-refractivity contribution in [2.45, 2.75) is 43.5 Å². The molecule has 1 amide bonds. The molecule has 126 valence electrons. The Balaban J connectivity index is 1.52. The zero-order valence-electron chi connectivity index (χ0n) is 14.1. The second-order valence-corrected chi connectivity index (χ2v) is 7.69. The number of thioether (sulfide) groups is 1. The summed E-state index contributed by atoms with van der Waals surface area (Å²) in [4.78, 5) is 20.8. The van der Waals surface area contributed by atoms with E-state index >= 15 is 0 Å². The fourth-order valence-electron chi connectivity index (χ4n) is 3.82. The molecule has 0 N–H and O–H groups in total. The molecule has 4 rings (SSSR count). The normalized spacial score (nSPS) is 23.3. The molecule has 2 aliphatic heterocycles. The number of hydrogen-bond donors (Lipinski definition) is 0. The Hall–Kier alpha value is -1.82. The van der Waals surface area contributed by atoms with E-state index in [4.69, 9.17) is 0 Å². The van der Waals surface area contributed by atoms with E-state index in [-0.39, 0.29) is 17.9 Å². The Bertz CT molecular complexity index is 772. The van der Waals surface area contributed by atoms with E-state index < -0.39 is 0 Å². The molecule has 5 nitrogen and oxygen atoms in total. The monoisotopic (exact) mass is 342 g/mol. The predicted molar refractivity (Wildman–Crippen MR) is 94.3 cm³/mol. The molecule has 3 heterocycles. The summed E-state index contributed by atoms with van der Waals surface area (Å²) >= 11 is 1.80. The molecular weight excluding hydrogens is 320 g/mol. The SMILES string of the molecule is Cc1nc(C)n(C2CCCN(C(=O)C3CSc4ccccc43)C2)n1. The standard InChI is InChI=1S/C18H22N4OS/c1-12-19-13(2)22(20-12)14-6-5-9-21(10-14)18(23)16-11-24-17-8-4-3-7-15(16)17/h3-4,7-8,14,16H,5-6,9-11H2,1-2H3. The lowest BCUT2D eigenvalue weighted by molar-refractivity contribution is -0.134. The van der Waals surface area contributed by atoms with Gasteiger partial charge in [0.2, 0.25) is 5.91 Å². The van der Waals surface area contributed by atoms with E-state index in [2.05, 4.69) is 22.2 Å². The van der Waals surface area contributed by atoms with Gasteiger partial charge in [-0.25, -0.2) is 9.67 Å². The number of carbonyl (C=O) groups excluding carboxylic acids is 1. The van der Waals surface area contributed by atoms with Gasteiger partial charge in [-0.1, -0.05) is 18.2 Å². The summed E-state index contributed by atoms with van der Waals surface area (Å²) in [6.07, 6.45) is 2.08. The average Bonchev–Trinajstić information content (AvgIpc) is 3.17. The Morgan fingerprint density at radius 3 is 2.92 bits per heavy atom. The highest BCUT2D eigenvalue weighted by Crippen LogP contribution is 2.40. The number of nitrogens with zero attached hydrogens (tertiary/aromatic N) is 4. The van der Waals surface area contributed by atoms with Crippen LogP contribution in [-0.2, 0) is 4.79 Å². The highest BCUT2D eigenvalue weighted by molar-refractivity contribution is 7.99. The number of carbonyl (C=O) groups is 1. The van der Waals surface area contributed by atoms with Crippen molar-refractivity contribution in [1.82, 2.24) is 19.7 Å². The van der Waals surface area contributed by atoms with Crippen LogP contribution in [0.15, 0.2) is 29.2 Å². The Labute approximate surface area is 146 Å². The van der Waals surface area contributed by atoms with Gasteiger partial charge in [-0.15, -0.1) is 11.8 Å². The number of likely N-dealkylation sites (tertiary alicyclic amines) is 1. The van der Waals surface area contributed by atoms with Crippen molar-refractivity contribution in [2.24, 2.45) is 0 Å². The summed E-state index contributed by atoms with van der Waals surface area (Å²) in [6.45, 7) is 5.50. The number of hydrogen-bond acceptors (Lipinski definition) is 4. The summed E-state index contributed by atoms with van der Waals surface area (Å²) < 4.78 is 2.01. The third kappa shape index (κ3) is 2.73. The largest absolute Gasteiger partial charge is 0.340 e. The molecule has 0 radical (unpaired) electrons. The fraction of sp³-hybridized carbons (Fsp3) is 0.500. The van der Waals surface area contributed by atoms with Crippen LogP contribution in [0.4, 0.5) is 0 Å². The number of piperidine rings is 1. The lowest BCUT2D eigenvalue weighted by Crippen LogP contribution is -2.43. The third-order valence-electron chi connectivity index (χ3n) is 4.96. The lowest BCUT2D eigenvalue weighted by atomic mass is 9.97. The smallest absolute Gasteiger partial charge is 0.231 e. The summed E-state index contributed by atoms with van der Waals surface area (Å²) in [6, 6.07) is 8.54. The van der Waals surface area contributed by atoms with Gasteiger partial charge < -0.3 is 4.90 Å². The highest BCUT2D eigenvalue weighted by Gasteiger charge is 2.35. The number of amides is 1. The van der Waals surface area contributed by atoms with Crippen molar-refractivity contribution in [2.75, 3.05) is 18.8 Å². The van der Waals surface area contributed by atoms with Crippen molar-refractivity contribution in [3.8, 4) is 0 Å². The first-order valence-electron chi connectivity index (χ1n) is 8.54. The number of aryl methyl sites for hydroxylation is 2. The highest BCUT2D eigenvalue weighted by atomic mass is 32.2. The summed E-state index contributed by atoms with van der Waals surface area (Å²) in [7, 11) is 0. The van der Waals surface area contributed by atoms with Crippen LogP contribution in [0.1, 0.15) is 42.0 Å². The molecule has 0 saturated carbocycles. The second-order valence-electron chi connectivity index (χ2n) is 6.63. The van der Waals surface area contributed by atoms with E-state index in [0.29, 0.717) is 0 Å². The molecule has 0 aliphatic carbocycles. The minimum Gasteiger partial charge on any atom is -0.340 e. The van der Waals surface area contributed by atoms with Gasteiger partial charge in [-0.2, -0.15) is 5.10 Å². The maximum Gasteiger partial charge on any atom is 0.231 e. The zero-order chi connectivity index (χ0) is 16.7. The number of rotatable bonds is 2. The van der Waals surface area contributed by atoms with E-state index in [9.17, 15) is 4.79 Å². The molecule has 2 aliphatic rings. The van der Waals surface area contributed by atoms with Crippen LogP contribution < -0.4 is 0 Å².